The largest absolute Gasteiger partial charge is 0.454 e. The van der Waals surface area contributed by atoms with Crippen LogP contribution in [-0.4, -0.2) is 29.7 Å². The number of aromatic amines is 1. The van der Waals surface area contributed by atoms with Crippen molar-refractivity contribution in [2.24, 2.45) is 0 Å². The molecule has 0 radical (unpaired) electrons. The molecular formula is C16H13N3O3. The Morgan fingerprint density at radius 2 is 2.05 bits per heavy atom. The lowest BCUT2D eigenvalue weighted by Crippen LogP contribution is -2.27. The molecule has 6 nitrogen and oxygen atoms in total. The second kappa shape index (κ2) is 4.77. The van der Waals surface area contributed by atoms with Gasteiger partial charge in [-0.2, -0.15) is 0 Å². The summed E-state index contributed by atoms with van der Waals surface area (Å²) in [6.45, 7) is 0.210. The van der Waals surface area contributed by atoms with Crippen LogP contribution in [0.15, 0.2) is 42.6 Å². The summed E-state index contributed by atoms with van der Waals surface area (Å²) in [6.07, 6.45) is 1.80. The second-order valence-electron chi connectivity index (χ2n) is 5.01. The highest BCUT2D eigenvalue weighted by atomic mass is 16.7. The summed E-state index contributed by atoms with van der Waals surface area (Å²) in [5.74, 6) is 1.15. The van der Waals surface area contributed by atoms with Crippen LogP contribution in [0, 0.1) is 0 Å². The van der Waals surface area contributed by atoms with E-state index in [1.165, 1.54) is 0 Å². The van der Waals surface area contributed by atoms with Gasteiger partial charge in [0.05, 0.1) is 0 Å². The van der Waals surface area contributed by atoms with Gasteiger partial charge in [-0.1, -0.05) is 0 Å². The molecule has 0 spiro atoms. The summed E-state index contributed by atoms with van der Waals surface area (Å²) in [5, 5.41) is 0.974. The third-order valence-electron chi connectivity index (χ3n) is 3.68. The lowest BCUT2D eigenvalue weighted by molar-refractivity contribution is 0.0988. The first-order chi connectivity index (χ1) is 10.7. The highest BCUT2D eigenvalue weighted by Crippen LogP contribution is 2.35. The Morgan fingerprint density at radius 1 is 1.18 bits per heavy atom. The van der Waals surface area contributed by atoms with E-state index in [9.17, 15) is 4.79 Å². The fraction of sp³-hybridized carbons (Fsp3) is 0.125. The average molecular weight is 295 g/mol. The first-order valence-corrected chi connectivity index (χ1v) is 6.84. The second-order valence-corrected chi connectivity index (χ2v) is 5.01. The molecule has 110 valence electrons. The van der Waals surface area contributed by atoms with E-state index in [0.29, 0.717) is 22.8 Å². The van der Waals surface area contributed by atoms with Crippen molar-refractivity contribution in [2.75, 3.05) is 18.7 Å². The van der Waals surface area contributed by atoms with Gasteiger partial charge in [0.1, 0.15) is 11.3 Å². The number of aromatic nitrogens is 2. The maximum Gasteiger partial charge on any atom is 0.276 e. The molecule has 1 aromatic carbocycles. The molecular weight excluding hydrogens is 282 g/mol. The molecule has 1 amide bonds. The number of amides is 1. The molecule has 22 heavy (non-hydrogen) atoms. The van der Waals surface area contributed by atoms with Crippen LogP contribution in [0.4, 0.5) is 5.69 Å². The van der Waals surface area contributed by atoms with Crippen LogP contribution in [0.5, 0.6) is 11.5 Å². The van der Waals surface area contributed by atoms with Gasteiger partial charge in [0, 0.05) is 30.4 Å². The predicted octanol–water partition coefficient (Wildman–Crippen LogP) is 2.57. The van der Waals surface area contributed by atoms with E-state index >= 15 is 0 Å². The Balaban J connectivity index is 1.66. The predicted molar refractivity (Wildman–Crippen MR) is 81.4 cm³/mol. The van der Waals surface area contributed by atoms with Crippen molar-refractivity contribution in [3.8, 4) is 11.5 Å². The first kappa shape index (κ1) is 12.7. The Hall–Kier alpha value is -3.02. The normalized spacial score (nSPS) is 12.6. The van der Waals surface area contributed by atoms with Crippen LogP contribution in [-0.2, 0) is 0 Å². The standard InChI is InChI=1S/C16H13N3O3/c1-19(11-3-5-13-14(8-11)22-9-21-13)16(20)12-4-2-10-6-7-17-15(10)18-12/h2-8H,9H2,1H3,(H,17,18). The fourth-order valence-electron chi connectivity index (χ4n) is 2.43. The molecule has 0 unspecified atom stereocenters. The Kier molecular flexibility index (Phi) is 2.75. The molecule has 1 aliphatic rings. The number of hydrogen-bond acceptors (Lipinski definition) is 4. The SMILES string of the molecule is CN(C(=O)c1ccc2cc[nH]c2n1)c1ccc2c(c1)OCO2. The molecule has 0 fully saturated rings. The number of rotatable bonds is 2. The van der Waals surface area contributed by atoms with E-state index in [1.807, 2.05) is 18.2 Å². The van der Waals surface area contributed by atoms with Crippen molar-refractivity contribution in [2.45, 2.75) is 0 Å². The summed E-state index contributed by atoms with van der Waals surface area (Å²) in [7, 11) is 1.71. The molecule has 6 heteroatoms. The Labute approximate surface area is 126 Å². The molecule has 0 bridgehead atoms. The topological polar surface area (TPSA) is 67.5 Å². The molecule has 0 aliphatic carbocycles. The van der Waals surface area contributed by atoms with E-state index in [0.717, 1.165) is 11.1 Å². The van der Waals surface area contributed by atoms with Gasteiger partial charge in [-0.05, 0) is 30.3 Å². The minimum Gasteiger partial charge on any atom is -0.454 e. The maximum atomic E-state index is 12.6. The summed E-state index contributed by atoms with van der Waals surface area (Å²) in [4.78, 5) is 21.5. The van der Waals surface area contributed by atoms with Gasteiger partial charge in [-0.25, -0.2) is 4.98 Å². The van der Waals surface area contributed by atoms with Crippen molar-refractivity contribution in [3.63, 3.8) is 0 Å². The zero-order valence-corrected chi connectivity index (χ0v) is 11.9. The van der Waals surface area contributed by atoms with Crippen molar-refractivity contribution < 1.29 is 14.3 Å². The Bertz CT molecular complexity index is 872. The monoisotopic (exact) mass is 295 g/mol. The van der Waals surface area contributed by atoms with Gasteiger partial charge in [0.15, 0.2) is 11.5 Å². The molecule has 3 aromatic rings. The van der Waals surface area contributed by atoms with Gasteiger partial charge in [0.25, 0.3) is 5.91 Å². The van der Waals surface area contributed by atoms with E-state index in [4.69, 9.17) is 9.47 Å². The fourth-order valence-corrected chi connectivity index (χ4v) is 2.43. The van der Waals surface area contributed by atoms with Crippen molar-refractivity contribution in [1.82, 2.24) is 9.97 Å². The van der Waals surface area contributed by atoms with Crippen LogP contribution >= 0.6 is 0 Å². The van der Waals surface area contributed by atoms with Crippen molar-refractivity contribution in [3.05, 3.63) is 48.3 Å². The van der Waals surface area contributed by atoms with Crippen molar-refractivity contribution in [1.29, 1.82) is 0 Å². The van der Waals surface area contributed by atoms with E-state index in [1.54, 1.807) is 36.3 Å². The number of carbonyl (C=O) groups excluding carboxylic acids is 1. The summed E-state index contributed by atoms with van der Waals surface area (Å²) >= 11 is 0. The zero-order valence-electron chi connectivity index (χ0n) is 11.9. The van der Waals surface area contributed by atoms with Crippen LogP contribution in [0.1, 0.15) is 10.5 Å². The number of fused-ring (bicyclic) bond motifs is 2. The number of benzene rings is 1. The molecule has 0 saturated carbocycles. The van der Waals surface area contributed by atoms with E-state index < -0.39 is 0 Å². The van der Waals surface area contributed by atoms with Crippen LogP contribution in [0.2, 0.25) is 0 Å². The number of hydrogen-bond donors (Lipinski definition) is 1. The summed E-state index contributed by atoms with van der Waals surface area (Å²) < 4.78 is 10.6. The molecule has 3 heterocycles. The number of nitrogens with zero attached hydrogens (tertiary/aromatic N) is 2. The van der Waals surface area contributed by atoms with Crippen molar-refractivity contribution >= 4 is 22.6 Å². The molecule has 0 saturated heterocycles. The molecule has 1 N–H and O–H groups in total. The van der Waals surface area contributed by atoms with Crippen LogP contribution < -0.4 is 14.4 Å². The molecule has 1 aliphatic heterocycles. The van der Waals surface area contributed by atoms with Crippen LogP contribution in [0.3, 0.4) is 0 Å². The van der Waals surface area contributed by atoms with Gasteiger partial charge < -0.3 is 19.4 Å². The van der Waals surface area contributed by atoms with Gasteiger partial charge in [0.2, 0.25) is 6.79 Å². The molecule has 4 rings (SSSR count). The quantitative estimate of drug-likeness (QED) is 0.789. The molecule has 0 atom stereocenters. The molecule has 2 aromatic heterocycles. The minimum atomic E-state index is -0.185. The number of pyridine rings is 1. The number of carbonyl (C=O) groups is 1. The number of H-pyrrole nitrogens is 1. The lowest BCUT2D eigenvalue weighted by Gasteiger charge is -2.17. The maximum absolute atomic E-state index is 12.6. The summed E-state index contributed by atoms with van der Waals surface area (Å²) in [5.41, 5.74) is 1.81. The number of nitrogens with one attached hydrogen (secondary N) is 1. The summed E-state index contributed by atoms with van der Waals surface area (Å²) in [6, 6.07) is 10.9. The zero-order chi connectivity index (χ0) is 15.1. The minimum absolute atomic E-state index is 0.185. The third kappa shape index (κ3) is 1.96. The Morgan fingerprint density at radius 3 is 2.95 bits per heavy atom. The van der Waals surface area contributed by atoms with Gasteiger partial charge >= 0.3 is 0 Å². The average Bonchev–Trinajstić information content (AvgIpc) is 3.20. The highest BCUT2D eigenvalue weighted by Gasteiger charge is 2.19. The van der Waals surface area contributed by atoms with Gasteiger partial charge in [-0.15, -0.1) is 0 Å². The third-order valence-corrected chi connectivity index (χ3v) is 3.68. The smallest absolute Gasteiger partial charge is 0.276 e. The van der Waals surface area contributed by atoms with E-state index in [-0.39, 0.29) is 12.7 Å². The first-order valence-electron chi connectivity index (χ1n) is 6.84. The van der Waals surface area contributed by atoms with Crippen LogP contribution in [0.25, 0.3) is 11.0 Å². The van der Waals surface area contributed by atoms with Gasteiger partial charge in [-0.3, -0.25) is 4.79 Å². The lowest BCUT2D eigenvalue weighted by atomic mass is 10.2. The van der Waals surface area contributed by atoms with E-state index in [2.05, 4.69) is 9.97 Å². The highest BCUT2D eigenvalue weighted by molar-refractivity contribution is 6.05. The number of anilines is 1. The number of ether oxygens (including phenoxy) is 2.